The molecule has 1 aromatic heterocycles. The molecule has 2 rings (SSSR count). The number of hydrogen-bond acceptors (Lipinski definition) is 1. The lowest BCUT2D eigenvalue weighted by molar-refractivity contribution is 0.853. The van der Waals surface area contributed by atoms with Crippen LogP contribution >= 0.6 is 0 Å². The molecule has 0 atom stereocenters. The van der Waals surface area contributed by atoms with Crippen LogP contribution in [-0.2, 0) is 6.42 Å². The summed E-state index contributed by atoms with van der Waals surface area (Å²) in [6.07, 6.45) is 8.97. The highest BCUT2D eigenvalue weighted by molar-refractivity contribution is 5.33. The predicted octanol–water partition coefficient (Wildman–Crippen LogP) is 0.717. The van der Waals surface area contributed by atoms with Crippen LogP contribution < -0.4 is 10.7 Å². The summed E-state index contributed by atoms with van der Waals surface area (Å²) < 4.78 is 0. The lowest BCUT2D eigenvalue weighted by Gasteiger charge is -1.89. The summed E-state index contributed by atoms with van der Waals surface area (Å²) in [6.45, 7) is 2.18. The zero-order valence-electron chi connectivity index (χ0n) is 7.43. The highest BCUT2D eigenvalue weighted by Gasteiger charge is 1.99. The Morgan fingerprint density at radius 2 is 2.25 bits per heavy atom. The molecule has 0 spiro atoms. The Kier molecular flexibility index (Phi) is 1.98. The first-order valence-corrected chi connectivity index (χ1v) is 4.65. The number of aromatic amines is 1. The van der Waals surface area contributed by atoms with Crippen molar-refractivity contribution in [2.45, 2.75) is 32.6 Å². The van der Waals surface area contributed by atoms with Gasteiger partial charge in [0, 0.05) is 6.42 Å². The Balaban J connectivity index is 2.46. The average molecular weight is 162 g/mol. The van der Waals surface area contributed by atoms with Gasteiger partial charge in [0.1, 0.15) is 5.82 Å². The second kappa shape index (κ2) is 3.13. The van der Waals surface area contributed by atoms with Gasteiger partial charge in [-0.05, 0) is 19.3 Å². The van der Waals surface area contributed by atoms with Gasteiger partial charge in [-0.2, -0.15) is 0 Å². The van der Waals surface area contributed by atoms with Crippen molar-refractivity contribution in [2.75, 3.05) is 0 Å². The summed E-state index contributed by atoms with van der Waals surface area (Å²) in [5.41, 5.74) is 0. The second-order valence-electron chi connectivity index (χ2n) is 3.22. The lowest BCUT2D eigenvalue weighted by Crippen LogP contribution is -2.26. The number of hydrogen-bond donors (Lipinski definition) is 1. The van der Waals surface area contributed by atoms with Gasteiger partial charge < -0.3 is 4.98 Å². The number of H-pyrrole nitrogens is 1. The Morgan fingerprint density at radius 1 is 1.42 bits per heavy atom. The monoisotopic (exact) mass is 162 g/mol. The quantitative estimate of drug-likeness (QED) is 0.682. The fourth-order valence-electron chi connectivity index (χ4n) is 1.57. The van der Waals surface area contributed by atoms with Gasteiger partial charge in [-0.1, -0.05) is 19.1 Å². The topological polar surface area (TPSA) is 28.7 Å². The third-order valence-electron chi connectivity index (χ3n) is 2.15. The molecule has 1 aromatic rings. The van der Waals surface area contributed by atoms with Gasteiger partial charge in [-0.15, -0.1) is 0 Å². The Morgan fingerprint density at radius 3 is 3.00 bits per heavy atom. The first-order chi connectivity index (χ1) is 5.90. The second-order valence-corrected chi connectivity index (χ2v) is 3.22. The standard InChI is InChI=1S/C10H14N2/c1-2-5-10-11-8-6-3-4-7-9(8)12-10/h6-7H,2-5H2,1H3,(H,11,12). The van der Waals surface area contributed by atoms with Crippen LogP contribution in [0.1, 0.15) is 32.0 Å². The van der Waals surface area contributed by atoms with E-state index in [2.05, 4.69) is 29.0 Å². The smallest absolute Gasteiger partial charge is 0.107 e. The molecule has 1 aliphatic carbocycles. The zero-order valence-corrected chi connectivity index (χ0v) is 7.43. The molecular weight excluding hydrogens is 148 g/mol. The van der Waals surface area contributed by atoms with Crippen molar-refractivity contribution >= 4 is 12.2 Å². The normalized spacial score (nSPS) is 14.8. The van der Waals surface area contributed by atoms with E-state index < -0.39 is 0 Å². The number of aromatic nitrogens is 2. The molecule has 64 valence electrons. The molecule has 0 saturated carbocycles. The number of nitrogens with zero attached hydrogens (tertiary/aromatic N) is 1. The molecule has 0 unspecified atom stereocenters. The molecule has 0 amide bonds. The van der Waals surface area contributed by atoms with E-state index in [-0.39, 0.29) is 0 Å². The van der Waals surface area contributed by atoms with Crippen LogP contribution in [-0.4, -0.2) is 9.97 Å². The first kappa shape index (κ1) is 7.59. The van der Waals surface area contributed by atoms with Gasteiger partial charge >= 0.3 is 0 Å². The van der Waals surface area contributed by atoms with Crippen molar-refractivity contribution in [1.82, 2.24) is 9.97 Å². The maximum absolute atomic E-state index is 4.50. The van der Waals surface area contributed by atoms with Crippen LogP contribution in [0.4, 0.5) is 0 Å². The van der Waals surface area contributed by atoms with Crippen molar-refractivity contribution in [3.8, 4) is 0 Å². The SMILES string of the molecule is CCCc1nc2c([nH]1)=CCCC=2. The van der Waals surface area contributed by atoms with Gasteiger partial charge in [0.2, 0.25) is 0 Å². The molecule has 0 saturated heterocycles. The number of fused-ring (bicyclic) bond motifs is 1. The number of aryl methyl sites for hydroxylation is 1. The van der Waals surface area contributed by atoms with Crippen molar-refractivity contribution in [1.29, 1.82) is 0 Å². The van der Waals surface area contributed by atoms with E-state index in [0.29, 0.717) is 0 Å². The van der Waals surface area contributed by atoms with Gasteiger partial charge in [-0.3, -0.25) is 0 Å². The number of rotatable bonds is 2. The van der Waals surface area contributed by atoms with Crippen LogP contribution in [0.25, 0.3) is 12.2 Å². The van der Waals surface area contributed by atoms with Crippen LogP contribution in [0, 0.1) is 0 Å². The van der Waals surface area contributed by atoms with E-state index in [0.717, 1.165) is 36.9 Å². The lowest BCUT2D eigenvalue weighted by atomic mass is 10.2. The van der Waals surface area contributed by atoms with Crippen LogP contribution in [0.5, 0.6) is 0 Å². The maximum atomic E-state index is 4.50. The molecule has 1 aliphatic rings. The number of imidazole rings is 1. The van der Waals surface area contributed by atoms with Crippen molar-refractivity contribution < 1.29 is 0 Å². The van der Waals surface area contributed by atoms with E-state index in [1.165, 1.54) is 5.35 Å². The molecular formula is C10H14N2. The van der Waals surface area contributed by atoms with Crippen LogP contribution in [0.15, 0.2) is 0 Å². The molecule has 0 bridgehead atoms. The van der Waals surface area contributed by atoms with Gasteiger partial charge in [0.05, 0.1) is 10.7 Å². The highest BCUT2D eigenvalue weighted by atomic mass is 14.9. The maximum Gasteiger partial charge on any atom is 0.107 e. The summed E-state index contributed by atoms with van der Waals surface area (Å²) in [4.78, 5) is 7.83. The average Bonchev–Trinajstić information content (AvgIpc) is 2.47. The summed E-state index contributed by atoms with van der Waals surface area (Å²) in [5, 5.41) is 2.38. The molecule has 1 heterocycles. The zero-order chi connectivity index (χ0) is 8.39. The van der Waals surface area contributed by atoms with E-state index in [1.807, 2.05) is 0 Å². The minimum atomic E-state index is 1.06. The summed E-state index contributed by atoms with van der Waals surface area (Å²) in [6, 6.07) is 0. The Hall–Kier alpha value is -1.05. The minimum absolute atomic E-state index is 1.06. The largest absolute Gasteiger partial charge is 0.342 e. The molecule has 0 radical (unpaired) electrons. The van der Waals surface area contributed by atoms with Gasteiger partial charge in [-0.25, -0.2) is 4.98 Å². The third-order valence-corrected chi connectivity index (χ3v) is 2.15. The van der Waals surface area contributed by atoms with E-state index in [9.17, 15) is 0 Å². The summed E-state index contributed by atoms with van der Waals surface area (Å²) in [7, 11) is 0. The minimum Gasteiger partial charge on any atom is -0.342 e. The molecule has 2 nitrogen and oxygen atoms in total. The van der Waals surface area contributed by atoms with Crippen molar-refractivity contribution in [2.24, 2.45) is 0 Å². The molecule has 1 N–H and O–H groups in total. The van der Waals surface area contributed by atoms with E-state index in [4.69, 9.17) is 0 Å². The molecule has 0 aromatic carbocycles. The van der Waals surface area contributed by atoms with Crippen LogP contribution in [0.2, 0.25) is 0 Å². The van der Waals surface area contributed by atoms with Crippen LogP contribution in [0.3, 0.4) is 0 Å². The molecule has 0 fully saturated rings. The Labute approximate surface area is 72.0 Å². The molecule has 2 heteroatoms. The predicted molar refractivity (Wildman–Crippen MR) is 50.0 cm³/mol. The Bertz CT molecular complexity index is 340. The highest BCUT2D eigenvalue weighted by Crippen LogP contribution is 1.95. The van der Waals surface area contributed by atoms with E-state index >= 15 is 0 Å². The molecule has 12 heavy (non-hydrogen) atoms. The fraction of sp³-hybridized carbons (Fsp3) is 0.500. The van der Waals surface area contributed by atoms with E-state index in [1.54, 1.807) is 0 Å². The van der Waals surface area contributed by atoms with Crippen molar-refractivity contribution in [3.63, 3.8) is 0 Å². The summed E-state index contributed by atoms with van der Waals surface area (Å²) in [5.74, 6) is 1.14. The molecule has 0 aliphatic heterocycles. The fourth-order valence-corrected chi connectivity index (χ4v) is 1.57. The van der Waals surface area contributed by atoms with Gasteiger partial charge in [0.25, 0.3) is 0 Å². The summed E-state index contributed by atoms with van der Waals surface area (Å²) >= 11 is 0. The van der Waals surface area contributed by atoms with Crippen molar-refractivity contribution in [3.05, 3.63) is 16.5 Å². The van der Waals surface area contributed by atoms with Gasteiger partial charge in [0.15, 0.2) is 0 Å². The number of nitrogens with one attached hydrogen (secondary N) is 1. The first-order valence-electron chi connectivity index (χ1n) is 4.65. The third kappa shape index (κ3) is 1.29.